The lowest BCUT2D eigenvalue weighted by Gasteiger charge is -2.12. The maximum absolute atomic E-state index is 11.6. The smallest absolute Gasteiger partial charge is 0.356 e. The summed E-state index contributed by atoms with van der Waals surface area (Å²) in [5.74, 6) is 0.941. The van der Waals surface area contributed by atoms with Crippen LogP contribution in [0.1, 0.15) is 30.8 Å². The second-order valence-electron chi connectivity index (χ2n) is 3.92. The summed E-state index contributed by atoms with van der Waals surface area (Å²) in [6, 6.07) is 0. The molecule has 0 aliphatic carbocycles. The summed E-state index contributed by atoms with van der Waals surface area (Å²) >= 11 is 1.66. The van der Waals surface area contributed by atoms with Crippen LogP contribution >= 0.6 is 11.8 Å². The molecule has 19 heavy (non-hydrogen) atoms. The summed E-state index contributed by atoms with van der Waals surface area (Å²) in [4.78, 5) is 28.5. The van der Waals surface area contributed by atoms with Crippen molar-refractivity contribution in [3.8, 4) is 0 Å². The number of hydrogen-bond donors (Lipinski definition) is 1. The number of H-pyrrole nitrogens is 1. The lowest BCUT2D eigenvalue weighted by atomic mass is 10.3. The Morgan fingerprint density at radius 1 is 1.47 bits per heavy atom. The molecule has 0 saturated carbocycles. The van der Waals surface area contributed by atoms with E-state index < -0.39 is 5.97 Å². The molecule has 0 radical (unpaired) electrons. The van der Waals surface area contributed by atoms with E-state index in [9.17, 15) is 9.59 Å². The van der Waals surface area contributed by atoms with Gasteiger partial charge in [-0.25, -0.2) is 9.78 Å². The third kappa shape index (κ3) is 6.85. The third-order valence-corrected chi connectivity index (χ3v) is 3.21. The van der Waals surface area contributed by atoms with Gasteiger partial charge in [-0.1, -0.05) is 0 Å². The first-order chi connectivity index (χ1) is 9.09. The van der Waals surface area contributed by atoms with E-state index in [4.69, 9.17) is 9.47 Å². The van der Waals surface area contributed by atoms with Gasteiger partial charge in [-0.15, -0.1) is 0 Å². The molecule has 1 rings (SSSR count). The first kappa shape index (κ1) is 15.6. The highest BCUT2D eigenvalue weighted by Crippen LogP contribution is 2.09. The molecule has 0 bridgehead atoms. The number of esters is 2. The van der Waals surface area contributed by atoms with E-state index in [0.717, 1.165) is 17.9 Å². The number of aromatic nitrogens is 2. The van der Waals surface area contributed by atoms with Gasteiger partial charge in [0.1, 0.15) is 18.4 Å². The van der Waals surface area contributed by atoms with Gasteiger partial charge in [-0.3, -0.25) is 4.79 Å². The van der Waals surface area contributed by atoms with Crippen LogP contribution < -0.4 is 0 Å². The quantitative estimate of drug-likeness (QED) is 0.578. The number of aromatic amines is 1. The molecular weight excluding hydrogens is 268 g/mol. The van der Waals surface area contributed by atoms with E-state index in [1.165, 1.54) is 19.4 Å². The van der Waals surface area contributed by atoms with E-state index in [2.05, 4.69) is 9.97 Å². The predicted octanol–water partition coefficient (Wildman–Crippen LogP) is 1.64. The second-order valence-corrected chi connectivity index (χ2v) is 5.15. The van der Waals surface area contributed by atoms with E-state index in [1.54, 1.807) is 11.8 Å². The number of carbonyl (C=O) groups excluding carboxylic acids is 2. The highest BCUT2D eigenvalue weighted by molar-refractivity contribution is 7.99. The zero-order valence-corrected chi connectivity index (χ0v) is 11.9. The summed E-state index contributed by atoms with van der Waals surface area (Å²) in [6.45, 7) is 3.66. The monoisotopic (exact) mass is 286 g/mol. The number of thioether (sulfide) groups is 1. The van der Waals surface area contributed by atoms with Gasteiger partial charge in [0.2, 0.25) is 0 Å². The molecule has 0 amide bonds. The molecule has 1 N–H and O–H groups in total. The molecule has 7 heteroatoms. The zero-order chi connectivity index (χ0) is 14.1. The van der Waals surface area contributed by atoms with Crippen molar-refractivity contribution in [3.63, 3.8) is 0 Å². The van der Waals surface area contributed by atoms with Crippen LogP contribution in [0.25, 0.3) is 0 Å². The Hall–Kier alpha value is -1.50. The van der Waals surface area contributed by atoms with Gasteiger partial charge in [-0.05, 0) is 19.1 Å². The Labute approximate surface area is 116 Å². The van der Waals surface area contributed by atoms with Crippen LogP contribution in [0, 0.1) is 0 Å². The lowest BCUT2D eigenvalue weighted by Crippen LogP contribution is -2.16. The Bertz CT molecular complexity index is 394. The van der Waals surface area contributed by atoms with Gasteiger partial charge < -0.3 is 14.5 Å². The molecule has 0 fully saturated rings. The van der Waals surface area contributed by atoms with Crippen molar-refractivity contribution in [1.29, 1.82) is 0 Å². The van der Waals surface area contributed by atoms with Crippen molar-refractivity contribution < 1.29 is 19.1 Å². The van der Waals surface area contributed by atoms with E-state index in [0.29, 0.717) is 12.3 Å². The Morgan fingerprint density at radius 2 is 2.26 bits per heavy atom. The fourth-order valence-corrected chi connectivity index (χ4v) is 2.17. The van der Waals surface area contributed by atoms with Crippen LogP contribution in [0.15, 0.2) is 12.5 Å². The fourth-order valence-electron chi connectivity index (χ4n) is 1.27. The molecule has 106 valence electrons. The molecule has 0 aromatic carbocycles. The zero-order valence-electron chi connectivity index (χ0n) is 11.0. The molecule has 1 aromatic heterocycles. The maximum atomic E-state index is 11.6. The van der Waals surface area contributed by atoms with Gasteiger partial charge in [0, 0.05) is 12.7 Å². The minimum Gasteiger partial charge on any atom is -0.465 e. The third-order valence-electron chi connectivity index (χ3n) is 2.23. The van der Waals surface area contributed by atoms with Crippen molar-refractivity contribution in [3.05, 3.63) is 18.2 Å². The molecular formula is C12H18N2O4S. The van der Waals surface area contributed by atoms with E-state index in [-0.39, 0.29) is 12.1 Å². The minimum atomic E-state index is -0.394. The lowest BCUT2D eigenvalue weighted by molar-refractivity contribution is -0.140. The van der Waals surface area contributed by atoms with Crippen LogP contribution in [-0.4, -0.2) is 46.1 Å². The summed E-state index contributed by atoms with van der Waals surface area (Å²) in [5.41, 5.74) is 0.356. The SMILES string of the molecule is CC(=O)OCCSCCC(C)OC(=O)c1cnc[nH]1. The molecule has 6 nitrogen and oxygen atoms in total. The number of nitrogens with one attached hydrogen (secondary N) is 1. The summed E-state index contributed by atoms with van der Waals surface area (Å²) < 4.78 is 10.0. The molecule has 1 unspecified atom stereocenters. The number of hydrogen-bond acceptors (Lipinski definition) is 6. The molecule has 0 saturated heterocycles. The minimum absolute atomic E-state index is 0.156. The van der Waals surface area contributed by atoms with Crippen molar-refractivity contribution in [2.75, 3.05) is 18.1 Å². The number of nitrogens with zero attached hydrogens (tertiary/aromatic N) is 1. The van der Waals surface area contributed by atoms with Crippen molar-refractivity contribution >= 4 is 23.7 Å². The van der Waals surface area contributed by atoms with Crippen LogP contribution in [0.3, 0.4) is 0 Å². The highest BCUT2D eigenvalue weighted by atomic mass is 32.2. The van der Waals surface area contributed by atoms with Crippen molar-refractivity contribution in [1.82, 2.24) is 9.97 Å². The van der Waals surface area contributed by atoms with Gasteiger partial charge in [0.15, 0.2) is 0 Å². The van der Waals surface area contributed by atoms with Gasteiger partial charge in [0.25, 0.3) is 0 Å². The first-order valence-corrected chi connectivity index (χ1v) is 7.15. The molecule has 1 atom stereocenters. The molecule has 0 spiro atoms. The van der Waals surface area contributed by atoms with Crippen molar-refractivity contribution in [2.24, 2.45) is 0 Å². The molecule has 0 aliphatic heterocycles. The molecule has 1 heterocycles. The van der Waals surface area contributed by atoms with Gasteiger partial charge in [0.05, 0.1) is 12.5 Å². The van der Waals surface area contributed by atoms with E-state index in [1.807, 2.05) is 6.92 Å². The Balaban J connectivity index is 2.06. The van der Waals surface area contributed by atoms with E-state index >= 15 is 0 Å². The van der Waals surface area contributed by atoms with Gasteiger partial charge in [-0.2, -0.15) is 11.8 Å². The number of rotatable bonds is 8. The van der Waals surface area contributed by atoms with Crippen LogP contribution in [-0.2, 0) is 14.3 Å². The maximum Gasteiger partial charge on any atom is 0.356 e. The van der Waals surface area contributed by atoms with Crippen LogP contribution in [0.5, 0.6) is 0 Å². The summed E-state index contributed by atoms with van der Waals surface area (Å²) in [5, 5.41) is 0. The largest absolute Gasteiger partial charge is 0.465 e. The van der Waals surface area contributed by atoms with Crippen LogP contribution in [0.2, 0.25) is 0 Å². The summed E-state index contributed by atoms with van der Waals surface area (Å²) in [6.07, 6.45) is 3.47. The molecule has 1 aromatic rings. The topological polar surface area (TPSA) is 81.3 Å². The first-order valence-electron chi connectivity index (χ1n) is 6.00. The average Bonchev–Trinajstić information content (AvgIpc) is 2.87. The van der Waals surface area contributed by atoms with Crippen LogP contribution in [0.4, 0.5) is 0 Å². The second kappa shape index (κ2) is 8.58. The Morgan fingerprint density at radius 3 is 2.89 bits per heavy atom. The van der Waals surface area contributed by atoms with Crippen molar-refractivity contribution in [2.45, 2.75) is 26.4 Å². The number of imidazole rings is 1. The Kier molecular flexibility index (Phi) is 7.02. The van der Waals surface area contributed by atoms with Gasteiger partial charge >= 0.3 is 11.9 Å². The fraction of sp³-hybridized carbons (Fsp3) is 0.583. The summed E-state index contributed by atoms with van der Waals surface area (Å²) in [7, 11) is 0. The number of ether oxygens (including phenoxy) is 2. The molecule has 0 aliphatic rings. The highest BCUT2D eigenvalue weighted by Gasteiger charge is 2.12. The normalized spacial score (nSPS) is 11.9. The average molecular weight is 286 g/mol. The number of carbonyl (C=O) groups is 2. The standard InChI is InChI=1S/C12H18N2O4S/c1-9(3-5-19-6-4-17-10(2)15)18-12(16)11-7-13-8-14-11/h7-9H,3-6H2,1-2H3,(H,13,14). The predicted molar refractivity (Wildman–Crippen MR) is 72.0 cm³/mol.